The first-order valence-electron chi connectivity index (χ1n) is 5.47. The van der Waals surface area contributed by atoms with Crippen molar-refractivity contribution in [3.63, 3.8) is 0 Å². The summed E-state index contributed by atoms with van der Waals surface area (Å²) in [5.74, 6) is -0.192. The highest BCUT2D eigenvalue weighted by atomic mass is 35.5. The van der Waals surface area contributed by atoms with Crippen LogP contribution in [0.25, 0.3) is 0 Å². The van der Waals surface area contributed by atoms with Crippen LogP contribution in [0.2, 0.25) is 5.15 Å². The summed E-state index contributed by atoms with van der Waals surface area (Å²) in [6.45, 7) is 5.27. The van der Waals surface area contributed by atoms with Crippen molar-refractivity contribution >= 4 is 23.4 Å². The highest BCUT2D eigenvalue weighted by molar-refractivity contribution is 6.30. The zero-order valence-corrected chi connectivity index (χ0v) is 11.0. The summed E-state index contributed by atoms with van der Waals surface area (Å²) in [6, 6.07) is -0.909. The number of hydrogen-bond donors (Lipinski definition) is 2. The fourth-order valence-corrected chi connectivity index (χ4v) is 1.94. The van der Waals surface area contributed by atoms with Crippen molar-refractivity contribution in [1.29, 1.82) is 0 Å². The van der Waals surface area contributed by atoms with E-state index < -0.39 is 23.7 Å². The number of aliphatic hydroxyl groups excluding tert-OH is 1. The molecule has 0 spiro atoms. The van der Waals surface area contributed by atoms with Crippen molar-refractivity contribution in [3.8, 4) is 0 Å². The molecule has 0 aromatic carbocycles. The Balaban J connectivity index is 2.22. The van der Waals surface area contributed by atoms with Gasteiger partial charge in [-0.2, -0.15) is 0 Å². The fraction of sp³-hybridized carbons (Fsp3) is 0.545. The average Bonchev–Trinajstić information content (AvgIpc) is 2.55. The van der Waals surface area contributed by atoms with E-state index in [1.54, 1.807) is 20.8 Å². The number of carbonyl (C=O) groups is 1. The average molecular weight is 272 g/mol. The van der Waals surface area contributed by atoms with E-state index in [0.717, 1.165) is 0 Å². The van der Waals surface area contributed by atoms with Gasteiger partial charge in [-0.3, -0.25) is 0 Å². The Morgan fingerprint density at radius 2 is 2.17 bits per heavy atom. The molecule has 0 bridgehead atoms. The summed E-state index contributed by atoms with van der Waals surface area (Å²) in [5, 5.41) is 13.0. The van der Waals surface area contributed by atoms with Crippen LogP contribution in [0.15, 0.2) is 6.33 Å². The number of halogens is 1. The van der Waals surface area contributed by atoms with Gasteiger partial charge >= 0.3 is 5.97 Å². The number of aromatic nitrogens is 2. The van der Waals surface area contributed by atoms with Gasteiger partial charge in [0, 0.05) is 0 Å². The predicted molar refractivity (Wildman–Crippen MR) is 65.3 cm³/mol. The van der Waals surface area contributed by atoms with Crippen LogP contribution >= 0.6 is 11.6 Å². The van der Waals surface area contributed by atoms with Gasteiger partial charge < -0.3 is 15.2 Å². The van der Waals surface area contributed by atoms with Gasteiger partial charge in [0.05, 0.1) is 5.56 Å². The third kappa shape index (κ3) is 2.39. The Hall–Kier alpha value is -1.40. The largest absolute Gasteiger partial charge is 0.458 e. The molecular formula is C11H14ClN3O3. The first-order chi connectivity index (χ1) is 8.29. The Bertz CT molecular complexity index is 487. The number of rotatable bonds is 1. The lowest BCUT2D eigenvalue weighted by atomic mass is 10.1. The van der Waals surface area contributed by atoms with Gasteiger partial charge in [-0.15, -0.1) is 0 Å². The molecule has 0 amide bonds. The van der Waals surface area contributed by atoms with Crippen LogP contribution in [0.4, 0.5) is 5.82 Å². The first kappa shape index (κ1) is 13.0. The molecule has 2 rings (SSSR count). The molecule has 0 fully saturated rings. The molecule has 98 valence electrons. The number of esters is 1. The fourth-order valence-electron chi connectivity index (χ4n) is 1.70. The number of hydrogen-bond acceptors (Lipinski definition) is 6. The molecule has 2 atom stereocenters. The topological polar surface area (TPSA) is 84.3 Å². The van der Waals surface area contributed by atoms with Gasteiger partial charge in [-0.05, 0) is 20.8 Å². The highest BCUT2D eigenvalue weighted by Crippen LogP contribution is 2.37. The molecule has 1 aliphatic rings. The molecule has 1 aromatic rings. The third-order valence-corrected chi connectivity index (χ3v) is 2.70. The number of ether oxygens (including phenoxy) is 1. The van der Waals surface area contributed by atoms with Crippen LogP contribution in [0, 0.1) is 0 Å². The second-order valence-electron chi connectivity index (χ2n) is 5.03. The number of carbonyl (C=O) groups excluding carboxylic acids is 1. The van der Waals surface area contributed by atoms with Crippen molar-refractivity contribution < 1.29 is 14.6 Å². The number of anilines is 1. The van der Waals surface area contributed by atoms with Crippen LogP contribution in [0.5, 0.6) is 0 Å². The van der Waals surface area contributed by atoms with Gasteiger partial charge in [0.15, 0.2) is 6.04 Å². The molecule has 7 heteroatoms. The Labute approximate surface area is 109 Å². The smallest absolute Gasteiger partial charge is 0.332 e. The minimum absolute atomic E-state index is 0.131. The van der Waals surface area contributed by atoms with Gasteiger partial charge in [0.1, 0.15) is 29.0 Å². The lowest BCUT2D eigenvalue weighted by Gasteiger charge is -2.23. The van der Waals surface area contributed by atoms with Crippen molar-refractivity contribution in [2.24, 2.45) is 0 Å². The molecule has 6 nitrogen and oxygen atoms in total. The molecule has 18 heavy (non-hydrogen) atoms. The summed E-state index contributed by atoms with van der Waals surface area (Å²) >= 11 is 5.86. The van der Waals surface area contributed by atoms with E-state index in [4.69, 9.17) is 16.3 Å². The molecule has 2 N–H and O–H groups in total. The lowest BCUT2D eigenvalue weighted by Crippen LogP contribution is -2.37. The van der Waals surface area contributed by atoms with E-state index in [0.29, 0.717) is 11.4 Å². The standard InChI is InChI=1S/C11H14ClN3O3/c1-11(2,3)18-10(17)6-7(16)5-8(12)13-4-14-9(5)15-6/h4,6-7,16H,1-3H3,(H,13,14,15)/t6-,7+/m1/s1. The molecule has 0 saturated carbocycles. The Morgan fingerprint density at radius 3 is 2.72 bits per heavy atom. The SMILES string of the molecule is CC(C)(C)OC(=O)[C@@H]1Nc2ncnc(Cl)c2[C@@H]1O. The van der Waals surface area contributed by atoms with E-state index in [1.807, 2.05) is 0 Å². The van der Waals surface area contributed by atoms with Crippen LogP contribution in [0.1, 0.15) is 32.4 Å². The number of nitrogens with one attached hydrogen (secondary N) is 1. The summed E-state index contributed by atoms with van der Waals surface area (Å²) in [6.07, 6.45) is 0.154. The molecule has 0 aliphatic carbocycles. The van der Waals surface area contributed by atoms with Crippen molar-refractivity contribution in [3.05, 3.63) is 17.0 Å². The molecule has 1 aromatic heterocycles. The van der Waals surface area contributed by atoms with Gasteiger partial charge in [-0.25, -0.2) is 14.8 Å². The molecule has 0 radical (unpaired) electrons. The minimum Gasteiger partial charge on any atom is -0.458 e. The normalized spacial score (nSPS) is 22.3. The molecular weight excluding hydrogens is 258 g/mol. The third-order valence-electron chi connectivity index (χ3n) is 2.40. The van der Waals surface area contributed by atoms with E-state index in [1.165, 1.54) is 6.33 Å². The van der Waals surface area contributed by atoms with Gasteiger partial charge in [0.25, 0.3) is 0 Å². The lowest BCUT2D eigenvalue weighted by molar-refractivity contribution is -0.158. The molecule has 1 aliphatic heterocycles. The van der Waals surface area contributed by atoms with E-state index in [-0.39, 0.29) is 5.15 Å². The minimum atomic E-state index is -1.11. The highest BCUT2D eigenvalue weighted by Gasteiger charge is 2.41. The number of nitrogens with zero attached hydrogens (tertiary/aromatic N) is 2. The quantitative estimate of drug-likeness (QED) is 0.592. The maximum atomic E-state index is 11.9. The Morgan fingerprint density at radius 1 is 1.50 bits per heavy atom. The molecule has 0 saturated heterocycles. The predicted octanol–water partition coefficient (Wildman–Crippen LogP) is 1.30. The molecule has 0 unspecified atom stereocenters. The monoisotopic (exact) mass is 271 g/mol. The zero-order valence-electron chi connectivity index (χ0n) is 10.3. The van der Waals surface area contributed by atoms with Crippen molar-refractivity contribution in [2.75, 3.05) is 5.32 Å². The van der Waals surface area contributed by atoms with E-state index in [2.05, 4.69) is 15.3 Å². The second kappa shape index (κ2) is 4.37. The van der Waals surface area contributed by atoms with E-state index >= 15 is 0 Å². The Kier molecular flexibility index (Phi) is 3.16. The zero-order chi connectivity index (χ0) is 13.5. The van der Waals surface area contributed by atoms with Crippen LogP contribution in [0.3, 0.4) is 0 Å². The van der Waals surface area contributed by atoms with Crippen LogP contribution in [-0.4, -0.2) is 32.7 Å². The van der Waals surface area contributed by atoms with Crippen LogP contribution in [-0.2, 0) is 9.53 Å². The van der Waals surface area contributed by atoms with E-state index in [9.17, 15) is 9.90 Å². The maximum Gasteiger partial charge on any atom is 0.332 e. The van der Waals surface area contributed by atoms with Crippen molar-refractivity contribution in [2.45, 2.75) is 38.5 Å². The summed E-state index contributed by atoms with van der Waals surface area (Å²) < 4.78 is 5.21. The second-order valence-corrected chi connectivity index (χ2v) is 5.39. The van der Waals surface area contributed by atoms with Crippen LogP contribution < -0.4 is 5.32 Å². The first-order valence-corrected chi connectivity index (χ1v) is 5.85. The number of aliphatic hydroxyl groups is 1. The maximum absolute atomic E-state index is 11.9. The summed E-state index contributed by atoms with van der Waals surface area (Å²) in [5.41, 5.74) is -0.294. The van der Waals surface area contributed by atoms with Crippen molar-refractivity contribution in [1.82, 2.24) is 9.97 Å². The molecule has 2 heterocycles. The summed E-state index contributed by atoms with van der Waals surface area (Å²) in [7, 11) is 0. The van der Waals surface area contributed by atoms with Gasteiger partial charge in [-0.1, -0.05) is 11.6 Å². The number of fused-ring (bicyclic) bond motifs is 1. The van der Waals surface area contributed by atoms with Gasteiger partial charge in [0.2, 0.25) is 0 Å². The summed E-state index contributed by atoms with van der Waals surface area (Å²) in [4.78, 5) is 19.6.